The van der Waals surface area contributed by atoms with Gasteiger partial charge in [-0.25, -0.2) is 9.37 Å². The van der Waals surface area contributed by atoms with Crippen molar-refractivity contribution in [2.24, 2.45) is 0 Å². The molecule has 3 rings (SSSR count). The number of nitrogens with one attached hydrogen (secondary N) is 1. The third-order valence-electron chi connectivity index (χ3n) is 4.78. The van der Waals surface area contributed by atoms with E-state index in [4.69, 9.17) is 0 Å². The molecule has 0 unspecified atom stereocenters. The van der Waals surface area contributed by atoms with Crippen LogP contribution in [0.25, 0.3) is 0 Å². The Labute approximate surface area is 162 Å². The van der Waals surface area contributed by atoms with Crippen molar-refractivity contribution in [2.75, 3.05) is 31.1 Å². The van der Waals surface area contributed by atoms with Crippen molar-refractivity contribution in [1.82, 2.24) is 15.2 Å². The van der Waals surface area contributed by atoms with Gasteiger partial charge in [-0.2, -0.15) is 0 Å². The summed E-state index contributed by atoms with van der Waals surface area (Å²) in [5, 5.41) is 12.9. The number of carbonyl (C=O) groups is 2. The lowest BCUT2D eigenvalue weighted by atomic mass is 10.1. The van der Waals surface area contributed by atoms with E-state index in [9.17, 15) is 19.1 Å². The van der Waals surface area contributed by atoms with Crippen LogP contribution in [-0.4, -0.2) is 53.0 Å². The molecule has 1 fully saturated rings. The fraction of sp³-hybridized carbons (Fsp3) is 0.350. The van der Waals surface area contributed by atoms with Crippen LogP contribution in [0.3, 0.4) is 0 Å². The molecular formula is C20H23FN4O3. The summed E-state index contributed by atoms with van der Waals surface area (Å²) in [5.74, 6) is -0.186. The molecule has 8 heteroatoms. The number of aliphatic hydroxyl groups excluding tert-OH is 1. The van der Waals surface area contributed by atoms with Gasteiger partial charge in [0.25, 0.3) is 5.91 Å². The number of benzene rings is 1. The van der Waals surface area contributed by atoms with Gasteiger partial charge in [0, 0.05) is 51.4 Å². The average molecular weight is 386 g/mol. The fourth-order valence-electron chi connectivity index (χ4n) is 3.16. The molecule has 1 aromatic carbocycles. The van der Waals surface area contributed by atoms with Gasteiger partial charge in [-0.3, -0.25) is 9.59 Å². The Bertz CT molecular complexity index is 836. The van der Waals surface area contributed by atoms with Crippen LogP contribution in [0.4, 0.5) is 10.2 Å². The quantitative estimate of drug-likeness (QED) is 0.808. The topological polar surface area (TPSA) is 85.8 Å². The summed E-state index contributed by atoms with van der Waals surface area (Å²) in [6.45, 7) is 4.34. The monoisotopic (exact) mass is 386 g/mol. The molecule has 0 aliphatic carbocycles. The van der Waals surface area contributed by atoms with Crippen LogP contribution in [0.1, 0.15) is 24.2 Å². The number of amides is 2. The van der Waals surface area contributed by atoms with Crippen molar-refractivity contribution in [3.05, 3.63) is 59.5 Å². The molecule has 0 saturated carbocycles. The average Bonchev–Trinajstić information content (AvgIpc) is 2.72. The number of nitrogens with zero attached hydrogens (tertiary/aromatic N) is 3. The molecule has 7 nitrogen and oxygen atoms in total. The predicted octanol–water partition coefficient (Wildman–Crippen LogP) is 1.24. The Morgan fingerprint density at radius 2 is 1.86 bits per heavy atom. The van der Waals surface area contributed by atoms with Crippen molar-refractivity contribution < 1.29 is 19.1 Å². The van der Waals surface area contributed by atoms with Crippen LogP contribution in [-0.2, 0) is 16.1 Å². The molecule has 28 heavy (non-hydrogen) atoms. The number of pyridine rings is 1. The molecule has 1 saturated heterocycles. The van der Waals surface area contributed by atoms with Gasteiger partial charge in [-0.05, 0) is 23.8 Å². The number of piperazine rings is 1. The highest BCUT2D eigenvalue weighted by molar-refractivity contribution is 5.82. The SMILES string of the molecule is CC(=O)N1CCN(c2ncccc2CNC(=O)[C@@H](O)c2ccc(F)cc2)CC1. The highest BCUT2D eigenvalue weighted by atomic mass is 19.1. The maximum atomic E-state index is 13.0. The minimum Gasteiger partial charge on any atom is -0.378 e. The maximum absolute atomic E-state index is 13.0. The van der Waals surface area contributed by atoms with Gasteiger partial charge in [-0.1, -0.05) is 18.2 Å². The first kappa shape index (κ1) is 19.8. The van der Waals surface area contributed by atoms with E-state index in [1.165, 1.54) is 24.3 Å². The van der Waals surface area contributed by atoms with Crippen LogP contribution in [0, 0.1) is 5.82 Å². The summed E-state index contributed by atoms with van der Waals surface area (Å²) < 4.78 is 13.0. The Balaban J connectivity index is 1.63. The first-order chi connectivity index (χ1) is 13.5. The molecule has 148 valence electrons. The molecule has 2 amide bonds. The standard InChI is InChI=1S/C20H23FN4O3/c1-14(26)24-9-11-25(12-10-24)19-16(3-2-8-22-19)13-23-20(28)18(27)15-4-6-17(21)7-5-15/h2-8,18,27H,9-13H2,1H3,(H,23,28)/t18-/m0/s1. The van der Waals surface area contributed by atoms with Crippen molar-refractivity contribution >= 4 is 17.6 Å². The largest absolute Gasteiger partial charge is 0.378 e. The highest BCUT2D eigenvalue weighted by Gasteiger charge is 2.22. The van der Waals surface area contributed by atoms with Gasteiger partial charge < -0.3 is 20.2 Å². The van der Waals surface area contributed by atoms with Crippen molar-refractivity contribution in [2.45, 2.75) is 19.6 Å². The molecule has 1 atom stereocenters. The second-order valence-electron chi connectivity index (χ2n) is 6.65. The van der Waals surface area contributed by atoms with Gasteiger partial charge in [-0.15, -0.1) is 0 Å². The van der Waals surface area contributed by atoms with Crippen LogP contribution in [0.5, 0.6) is 0 Å². The van der Waals surface area contributed by atoms with Gasteiger partial charge in [0.05, 0.1) is 0 Å². The minimum absolute atomic E-state index is 0.0583. The second kappa shape index (κ2) is 8.79. The normalized spacial score (nSPS) is 15.2. The van der Waals surface area contributed by atoms with Gasteiger partial charge >= 0.3 is 0 Å². The van der Waals surface area contributed by atoms with Crippen LogP contribution in [0.2, 0.25) is 0 Å². The molecule has 1 aliphatic rings. The Hall–Kier alpha value is -3.00. The number of hydrogen-bond acceptors (Lipinski definition) is 5. The molecule has 1 aromatic heterocycles. The minimum atomic E-state index is -1.38. The van der Waals surface area contributed by atoms with E-state index in [1.54, 1.807) is 24.1 Å². The summed E-state index contributed by atoms with van der Waals surface area (Å²) in [5.41, 5.74) is 1.14. The first-order valence-electron chi connectivity index (χ1n) is 9.11. The zero-order chi connectivity index (χ0) is 20.1. The number of halogens is 1. The lowest BCUT2D eigenvalue weighted by molar-refractivity contribution is -0.130. The predicted molar refractivity (Wildman–Crippen MR) is 102 cm³/mol. The van der Waals surface area contributed by atoms with Crippen molar-refractivity contribution in [3.8, 4) is 0 Å². The van der Waals surface area contributed by atoms with E-state index in [2.05, 4.69) is 15.2 Å². The molecule has 1 aliphatic heterocycles. The van der Waals surface area contributed by atoms with Crippen LogP contribution < -0.4 is 10.2 Å². The third kappa shape index (κ3) is 4.64. The summed E-state index contributed by atoms with van der Waals surface area (Å²) >= 11 is 0. The van der Waals surface area contributed by atoms with E-state index >= 15 is 0 Å². The van der Waals surface area contributed by atoms with E-state index in [0.717, 1.165) is 11.4 Å². The van der Waals surface area contributed by atoms with Crippen LogP contribution >= 0.6 is 0 Å². The van der Waals surface area contributed by atoms with Crippen molar-refractivity contribution in [3.63, 3.8) is 0 Å². The summed E-state index contributed by atoms with van der Waals surface area (Å²) in [4.78, 5) is 32.1. The lowest BCUT2D eigenvalue weighted by Crippen LogP contribution is -2.48. The smallest absolute Gasteiger partial charge is 0.253 e. The lowest BCUT2D eigenvalue weighted by Gasteiger charge is -2.35. The number of aliphatic hydroxyl groups is 1. The molecule has 2 heterocycles. The Morgan fingerprint density at radius 1 is 1.18 bits per heavy atom. The zero-order valence-electron chi connectivity index (χ0n) is 15.6. The summed E-state index contributed by atoms with van der Waals surface area (Å²) in [6, 6.07) is 8.81. The fourth-order valence-corrected chi connectivity index (χ4v) is 3.16. The summed E-state index contributed by atoms with van der Waals surface area (Å²) in [7, 11) is 0. The number of anilines is 1. The first-order valence-corrected chi connectivity index (χ1v) is 9.11. The molecule has 0 bridgehead atoms. The Kier molecular flexibility index (Phi) is 6.20. The molecular weight excluding hydrogens is 363 g/mol. The van der Waals surface area contributed by atoms with E-state index < -0.39 is 17.8 Å². The van der Waals surface area contributed by atoms with E-state index in [0.29, 0.717) is 31.7 Å². The number of hydrogen-bond donors (Lipinski definition) is 2. The van der Waals surface area contributed by atoms with Gasteiger partial charge in [0.15, 0.2) is 6.10 Å². The van der Waals surface area contributed by atoms with E-state index in [-0.39, 0.29) is 12.5 Å². The Morgan fingerprint density at radius 3 is 2.50 bits per heavy atom. The number of aromatic nitrogens is 1. The van der Waals surface area contributed by atoms with E-state index in [1.807, 2.05) is 6.07 Å². The van der Waals surface area contributed by atoms with Gasteiger partial charge in [0.1, 0.15) is 11.6 Å². The number of rotatable bonds is 5. The maximum Gasteiger partial charge on any atom is 0.253 e. The molecule has 0 radical (unpaired) electrons. The molecule has 0 spiro atoms. The number of carbonyl (C=O) groups excluding carboxylic acids is 2. The molecule has 2 N–H and O–H groups in total. The highest BCUT2D eigenvalue weighted by Crippen LogP contribution is 2.20. The van der Waals surface area contributed by atoms with Crippen molar-refractivity contribution in [1.29, 1.82) is 0 Å². The zero-order valence-corrected chi connectivity index (χ0v) is 15.6. The summed E-state index contributed by atoms with van der Waals surface area (Å²) in [6.07, 6.45) is 0.311. The van der Waals surface area contributed by atoms with Gasteiger partial charge in [0.2, 0.25) is 5.91 Å². The molecule has 2 aromatic rings. The van der Waals surface area contributed by atoms with Crippen LogP contribution in [0.15, 0.2) is 42.6 Å². The third-order valence-corrected chi connectivity index (χ3v) is 4.78. The second-order valence-corrected chi connectivity index (χ2v) is 6.65.